The summed E-state index contributed by atoms with van der Waals surface area (Å²) in [5.41, 5.74) is 0.259. The van der Waals surface area contributed by atoms with Crippen molar-refractivity contribution in [2.75, 3.05) is 5.84 Å². The van der Waals surface area contributed by atoms with Gasteiger partial charge in [-0.05, 0) is 0 Å². The summed E-state index contributed by atoms with van der Waals surface area (Å²) in [6.07, 6.45) is 2.72. The number of fused-ring (bicyclic) bond motifs is 1. The fourth-order valence-electron chi connectivity index (χ4n) is 1.04. The van der Waals surface area contributed by atoms with Gasteiger partial charge in [-0.1, -0.05) is 0 Å². The highest BCUT2D eigenvalue weighted by Gasteiger charge is 2.05. The first-order chi connectivity index (χ1) is 5.70. The molecule has 62 valence electrons. The molecular weight excluding hydrogens is 158 g/mol. The highest BCUT2D eigenvalue weighted by molar-refractivity contribution is 5.72. The number of nitrogens with two attached hydrogens (primary N) is 1. The summed E-state index contributed by atoms with van der Waals surface area (Å²) >= 11 is 0. The molecule has 0 atom stereocenters. The summed E-state index contributed by atoms with van der Waals surface area (Å²) in [6, 6.07) is 0. The lowest BCUT2D eigenvalue weighted by Gasteiger charge is -1.95. The van der Waals surface area contributed by atoms with Crippen LogP contribution in [-0.4, -0.2) is 19.4 Å². The van der Waals surface area contributed by atoms with Crippen molar-refractivity contribution in [3.8, 4) is 0 Å². The molecule has 0 radical (unpaired) electrons. The van der Waals surface area contributed by atoms with E-state index in [0.717, 1.165) is 4.68 Å². The van der Waals surface area contributed by atoms with E-state index in [1.807, 2.05) is 0 Å². The lowest BCUT2D eigenvalue weighted by molar-refractivity contribution is 0.781. The molecule has 12 heavy (non-hydrogen) atoms. The van der Waals surface area contributed by atoms with Crippen LogP contribution in [0.4, 0.5) is 0 Å². The van der Waals surface area contributed by atoms with Gasteiger partial charge in [0, 0.05) is 7.05 Å². The predicted molar refractivity (Wildman–Crippen MR) is 42.9 cm³/mol. The number of nitrogen functional groups attached to an aromatic ring is 1. The maximum atomic E-state index is 11.3. The molecule has 0 aliphatic rings. The van der Waals surface area contributed by atoms with Crippen molar-refractivity contribution in [2.45, 2.75) is 0 Å². The topological polar surface area (TPSA) is 78.7 Å². The molecule has 0 aliphatic heterocycles. The summed E-state index contributed by atoms with van der Waals surface area (Å²) in [5, 5.41) is 4.32. The number of nitrogens with zero attached hydrogens (tertiary/aromatic N) is 4. The Kier molecular flexibility index (Phi) is 1.18. The van der Waals surface area contributed by atoms with E-state index in [4.69, 9.17) is 5.84 Å². The molecule has 2 heterocycles. The van der Waals surface area contributed by atoms with Gasteiger partial charge in [0.25, 0.3) is 5.56 Å². The molecule has 0 unspecified atom stereocenters. The second-order valence-electron chi connectivity index (χ2n) is 2.46. The second-order valence-corrected chi connectivity index (χ2v) is 2.46. The number of rotatable bonds is 0. The second kappa shape index (κ2) is 2.07. The van der Waals surface area contributed by atoms with Crippen LogP contribution in [0.2, 0.25) is 0 Å². The third kappa shape index (κ3) is 0.714. The number of hydrogen-bond acceptors (Lipinski definition) is 4. The minimum absolute atomic E-state index is 0.284. The molecule has 0 saturated carbocycles. The van der Waals surface area contributed by atoms with Gasteiger partial charge in [-0.2, -0.15) is 5.10 Å². The van der Waals surface area contributed by atoms with Crippen molar-refractivity contribution < 1.29 is 0 Å². The van der Waals surface area contributed by atoms with Crippen molar-refractivity contribution >= 4 is 11.0 Å². The molecule has 0 amide bonds. The molecule has 2 aromatic rings. The minimum atomic E-state index is -0.284. The highest BCUT2D eigenvalue weighted by Crippen LogP contribution is 2.01. The van der Waals surface area contributed by atoms with Crippen LogP contribution >= 0.6 is 0 Å². The van der Waals surface area contributed by atoms with Gasteiger partial charge < -0.3 is 5.84 Å². The van der Waals surface area contributed by atoms with Crippen LogP contribution in [0.3, 0.4) is 0 Å². The van der Waals surface area contributed by atoms with Crippen LogP contribution in [0.25, 0.3) is 11.0 Å². The zero-order valence-electron chi connectivity index (χ0n) is 6.43. The van der Waals surface area contributed by atoms with Gasteiger partial charge in [0.1, 0.15) is 11.7 Å². The number of aromatic nitrogens is 4. The fraction of sp³-hybridized carbons (Fsp3) is 0.167. The van der Waals surface area contributed by atoms with E-state index < -0.39 is 0 Å². The molecule has 0 saturated heterocycles. The van der Waals surface area contributed by atoms with Crippen molar-refractivity contribution in [3.63, 3.8) is 0 Å². The zero-order valence-corrected chi connectivity index (χ0v) is 6.43. The summed E-state index contributed by atoms with van der Waals surface area (Å²) < 4.78 is 2.46. The molecule has 0 fully saturated rings. The summed E-state index contributed by atoms with van der Waals surface area (Å²) in [7, 11) is 1.72. The van der Waals surface area contributed by atoms with Gasteiger partial charge in [-0.25, -0.2) is 9.66 Å². The van der Waals surface area contributed by atoms with Crippen LogP contribution in [0.1, 0.15) is 0 Å². The normalized spacial score (nSPS) is 10.8. The summed E-state index contributed by atoms with van der Waals surface area (Å²) in [5.74, 6) is 5.30. The SMILES string of the molecule is Cn1ncc2c(=O)n(N)cnc21. The van der Waals surface area contributed by atoms with Crippen LogP contribution in [-0.2, 0) is 7.05 Å². The molecule has 6 heteroatoms. The van der Waals surface area contributed by atoms with Gasteiger partial charge >= 0.3 is 0 Å². The molecule has 0 spiro atoms. The van der Waals surface area contributed by atoms with Crippen LogP contribution in [0.5, 0.6) is 0 Å². The first kappa shape index (κ1) is 6.84. The zero-order chi connectivity index (χ0) is 8.72. The molecule has 0 aliphatic carbocycles. The smallest absolute Gasteiger partial charge is 0.282 e. The Morgan fingerprint density at radius 1 is 1.58 bits per heavy atom. The van der Waals surface area contributed by atoms with Crippen molar-refractivity contribution in [2.24, 2.45) is 7.05 Å². The minimum Gasteiger partial charge on any atom is -0.335 e. The van der Waals surface area contributed by atoms with Gasteiger partial charge in [0.2, 0.25) is 0 Å². The summed E-state index contributed by atoms with van der Waals surface area (Å²) in [4.78, 5) is 15.2. The van der Waals surface area contributed by atoms with E-state index in [0.29, 0.717) is 11.0 Å². The van der Waals surface area contributed by atoms with Gasteiger partial charge in [-0.15, -0.1) is 0 Å². The molecule has 2 aromatic heterocycles. The Morgan fingerprint density at radius 3 is 3.08 bits per heavy atom. The largest absolute Gasteiger partial charge is 0.335 e. The Hall–Kier alpha value is -1.85. The molecule has 0 aromatic carbocycles. The Morgan fingerprint density at radius 2 is 2.33 bits per heavy atom. The fourth-order valence-corrected chi connectivity index (χ4v) is 1.04. The van der Waals surface area contributed by atoms with Crippen LogP contribution in [0.15, 0.2) is 17.3 Å². The molecule has 6 nitrogen and oxygen atoms in total. The highest BCUT2D eigenvalue weighted by atomic mass is 16.1. The third-order valence-corrected chi connectivity index (χ3v) is 1.68. The van der Waals surface area contributed by atoms with Gasteiger partial charge in [0.15, 0.2) is 5.65 Å². The standard InChI is InChI=1S/C6H7N5O/c1-10-5-4(2-9-10)6(12)11(7)3-8-5/h2-3H,7H2,1H3. The quantitative estimate of drug-likeness (QED) is 0.499. The molecule has 0 bridgehead atoms. The predicted octanol–water partition coefficient (Wildman–Crippen LogP) is -1.16. The van der Waals surface area contributed by atoms with E-state index in [-0.39, 0.29) is 5.56 Å². The molecule has 2 rings (SSSR count). The van der Waals surface area contributed by atoms with Gasteiger partial charge in [-0.3, -0.25) is 9.48 Å². The summed E-state index contributed by atoms with van der Waals surface area (Å²) in [6.45, 7) is 0. The van der Waals surface area contributed by atoms with Crippen LogP contribution in [0, 0.1) is 0 Å². The van der Waals surface area contributed by atoms with Crippen molar-refractivity contribution in [1.29, 1.82) is 0 Å². The monoisotopic (exact) mass is 165 g/mol. The maximum Gasteiger partial charge on any atom is 0.282 e. The first-order valence-electron chi connectivity index (χ1n) is 3.34. The van der Waals surface area contributed by atoms with Crippen molar-refractivity contribution in [3.05, 3.63) is 22.9 Å². The number of hydrogen-bond donors (Lipinski definition) is 1. The molecule has 2 N–H and O–H groups in total. The first-order valence-corrected chi connectivity index (χ1v) is 3.34. The van der Waals surface area contributed by atoms with E-state index >= 15 is 0 Å². The number of aryl methyl sites for hydroxylation is 1. The van der Waals surface area contributed by atoms with E-state index in [9.17, 15) is 4.79 Å². The molecular formula is C6H7N5O. The lowest BCUT2D eigenvalue weighted by Crippen LogP contribution is -2.26. The maximum absolute atomic E-state index is 11.3. The van der Waals surface area contributed by atoms with E-state index in [1.54, 1.807) is 7.05 Å². The Bertz CT molecular complexity index is 482. The van der Waals surface area contributed by atoms with E-state index in [2.05, 4.69) is 10.1 Å². The van der Waals surface area contributed by atoms with Gasteiger partial charge in [0.05, 0.1) is 6.20 Å². The Balaban J connectivity index is 3.03. The average Bonchev–Trinajstić information content (AvgIpc) is 2.41. The van der Waals surface area contributed by atoms with Crippen LogP contribution < -0.4 is 11.4 Å². The van der Waals surface area contributed by atoms with E-state index in [1.165, 1.54) is 17.2 Å². The third-order valence-electron chi connectivity index (χ3n) is 1.68. The average molecular weight is 165 g/mol. The van der Waals surface area contributed by atoms with Crippen molar-refractivity contribution in [1.82, 2.24) is 19.4 Å². The lowest BCUT2D eigenvalue weighted by atomic mass is 10.4. The Labute approximate surface area is 67.2 Å².